The van der Waals surface area contributed by atoms with Crippen LogP contribution in [0.3, 0.4) is 0 Å². The van der Waals surface area contributed by atoms with Crippen LogP contribution in [-0.2, 0) is 15.1 Å². The summed E-state index contributed by atoms with van der Waals surface area (Å²) in [5.41, 5.74) is -0.628. The van der Waals surface area contributed by atoms with Crippen molar-refractivity contribution < 1.29 is 36.6 Å². The molecule has 2 bridgehead atoms. The van der Waals surface area contributed by atoms with Crippen molar-refractivity contribution in [1.29, 1.82) is 0 Å². The second kappa shape index (κ2) is 8.43. The lowest BCUT2D eigenvalue weighted by atomic mass is 9.71. The molecule has 0 unspecified atom stereocenters. The van der Waals surface area contributed by atoms with Crippen molar-refractivity contribution in [2.24, 2.45) is 0 Å². The standard InChI is InChI=1S/C20H20ClF4N3O4/c21-15-2-1-13(7-16(15)22)31-10-17(29)27-18-3-4-19(11-18,12-18)28-9-14(8-26-28)30-5-6-32-20(23,24)25/h1-2,7-9H,3-6,10-12H2,(H,27,29). The minimum Gasteiger partial charge on any atom is -0.488 e. The van der Waals surface area contributed by atoms with Gasteiger partial charge in [-0.05, 0) is 37.8 Å². The van der Waals surface area contributed by atoms with Crippen molar-refractivity contribution in [2.45, 2.75) is 43.1 Å². The number of amides is 1. The molecule has 1 amide bonds. The van der Waals surface area contributed by atoms with Gasteiger partial charge in [-0.15, -0.1) is 13.2 Å². The van der Waals surface area contributed by atoms with E-state index in [1.165, 1.54) is 18.3 Å². The minimum atomic E-state index is -4.69. The molecule has 3 fully saturated rings. The Bertz CT molecular complexity index is 991. The lowest BCUT2D eigenvalue weighted by molar-refractivity contribution is -0.325. The third-order valence-corrected chi connectivity index (χ3v) is 6.04. The summed E-state index contributed by atoms with van der Waals surface area (Å²) in [7, 11) is 0. The van der Waals surface area contributed by atoms with Gasteiger partial charge in [0, 0.05) is 11.6 Å². The number of carbonyl (C=O) groups is 1. The summed E-state index contributed by atoms with van der Waals surface area (Å²) >= 11 is 5.62. The van der Waals surface area contributed by atoms with E-state index in [1.807, 2.05) is 0 Å². The summed E-state index contributed by atoms with van der Waals surface area (Å²) in [5, 5.41) is 7.25. The summed E-state index contributed by atoms with van der Waals surface area (Å²) in [4.78, 5) is 12.3. The molecule has 1 aromatic carbocycles. The van der Waals surface area contributed by atoms with E-state index >= 15 is 0 Å². The Kier molecular flexibility index (Phi) is 5.97. The van der Waals surface area contributed by atoms with Crippen molar-refractivity contribution >= 4 is 17.5 Å². The van der Waals surface area contributed by atoms with Crippen molar-refractivity contribution in [3.05, 3.63) is 41.4 Å². The van der Waals surface area contributed by atoms with Crippen LogP contribution in [0.5, 0.6) is 11.5 Å². The fourth-order valence-corrected chi connectivity index (χ4v) is 4.58. The summed E-state index contributed by atoms with van der Waals surface area (Å²) in [5.74, 6) is -0.385. The second-order valence-corrected chi connectivity index (χ2v) is 8.44. The number of aromatic nitrogens is 2. The SMILES string of the molecule is O=C(COc1ccc(Cl)c(F)c1)NC12CCC(n3cc(OCCOC(F)(F)F)cn3)(C1)C2. The maximum Gasteiger partial charge on any atom is 0.522 e. The van der Waals surface area contributed by atoms with E-state index in [0.29, 0.717) is 18.6 Å². The van der Waals surface area contributed by atoms with Gasteiger partial charge in [0.05, 0.1) is 29.6 Å². The Morgan fingerprint density at radius 2 is 1.97 bits per heavy atom. The second-order valence-electron chi connectivity index (χ2n) is 8.03. The van der Waals surface area contributed by atoms with Gasteiger partial charge in [0.15, 0.2) is 12.4 Å². The summed E-state index contributed by atoms with van der Waals surface area (Å²) in [6.07, 6.45) is 1.27. The molecule has 0 radical (unpaired) electrons. The van der Waals surface area contributed by atoms with Gasteiger partial charge in [-0.3, -0.25) is 14.2 Å². The first-order valence-electron chi connectivity index (χ1n) is 9.86. The molecule has 0 aliphatic heterocycles. The summed E-state index contributed by atoms with van der Waals surface area (Å²) < 4.78 is 65.4. The molecule has 3 aliphatic carbocycles. The number of hydrogen-bond acceptors (Lipinski definition) is 5. The van der Waals surface area contributed by atoms with E-state index < -0.39 is 18.8 Å². The van der Waals surface area contributed by atoms with Crippen LogP contribution < -0.4 is 14.8 Å². The summed E-state index contributed by atoms with van der Waals surface area (Å²) in [6, 6.07) is 3.95. The average Bonchev–Trinajstić information content (AvgIpc) is 3.39. The highest BCUT2D eigenvalue weighted by Gasteiger charge is 2.63. The Morgan fingerprint density at radius 1 is 1.19 bits per heavy atom. The quantitative estimate of drug-likeness (QED) is 0.439. The number of hydrogen-bond donors (Lipinski definition) is 1. The van der Waals surface area contributed by atoms with Gasteiger partial charge in [0.1, 0.15) is 18.2 Å². The zero-order chi connectivity index (χ0) is 23.0. The molecule has 7 nitrogen and oxygen atoms in total. The van der Waals surface area contributed by atoms with Gasteiger partial charge in [-0.25, -0.2) is 4.39 Å². The molecule has 12 heteroatoms. The molecule has 1 N–H and O–H groups in total. The molecular formula is C20H20ClF4N3O4. The Balaban J connectivity index is 1.24. The van der Waals surface area contributed by atoms with E-state index in [4.69, 9.17) is 21.1 Å². The molecule has 32 heavy (non-hydrogen) atoms. The monoisotopic (exact) mass is 477 g/mol. The first-order chi connectivity index (χ1) is 15.1. The number of ether oxygens (including phenoxy) is 3. The van der Waals surface area contributed by atoms with Crippen LogP contribution in [0.25, 0.3) is 0 Å². The highest BCUT2D eigenvalue weighted by molar-refractivity contribution is 6.30. The molecule has 0 saturated heterocycles. The lowest BCUT2D eigenvalue weighted by Gasteiger charge is -2.47. The number of rotatable bonds is 9. The largest absolute Gasteiger partial charge is 0.522 e. The Morgan fingerprint density at radius 3 is 2.69 bits per heavy atom. The molecule has 5 rings (SSSR count). The third-order valence-electron chi connectivity index (χ3n) is 5.73. The summed E-state index contributed by atoms with van der Waals surface area (Å²) in [6.45, 7) is -1.12. The van der Waals surface area contributed by atoms with Crippen LogP contribution in [0.4, 0.5) is 17.6 Å². The zero-order valence-corrected chi connectivity index (χ0v) is 17.5. The molecule has 0 spiro atoms. The fraction of sp³-hybridized carbons (Fsp3) is 0.500. The number of carbonyl (C=O) groups excluding carboxylic acids is 1. The normalized spacial score (nSPS) is 24.2. The number of halogens is 5. The number of alkyl halides is 3. The smallest absolute Gasteiger partial charge is 0.488 e. The number of nitrogens with zero attached hydrogens (tertiary/aromatic N) is 2. The molecule has 2 aromatic rings. The molecule has 174 valence electrons. The van der Waals surface area contributed by atoms with Crippen LogP contribution >= 0.6 is 11.6 Å². The van der Waals surface area contributed by atoms with E-state index in [-0.39, 0.29) is 41.0 Å². The van der Waals surface area contributed by atoms with Crippen molar-refractivity contribution in [1.82, 2.24) is 15.1 Å². The van der Waals surface area contributed by atoms with Gasteiger partial charge >= 0.3 is 6.36 Å². The van der Waals surface area contributed by atoms with Gasteiger partial charge in [-0.1, -0.05) is 11.6 Å². The fourth-order valence-electron chi connectivity index (χ4n) is 4.47. The highest BCUT2D eigenvalue weighted by Crippen LogP contribution is 2.59. The molecular weight excluding hydrogens is 458 g/mol. The molecule has 1 aromatic heterocycles. The molecule has 3 saturated carbocycles. The molecule has 1 heterocycles. The maximum absolute atomic E-state index is 13.5. The van der Waals surface area contributed by atoms with Gasteiger partial charge in [0.2, 0.25) is 0 Å². The number of benzene rings is 1. The van der Waals surface area contributed by atoms with Crippen LogP contribution in [0.15, 0.2) is 30.6 Å². The Hall–Kier alpha value is -2.53. The average molecular weight is 478 g/mol. The van der Waals surface area contributed by atoms with Crippen molar-refractivity contribution in [2.75, 3.05) is 19.8 Å². The Labute approximate surface area is 185 Å². The highest BCUT2D eigenvalue weighted by atomic mass is 35.5. The molecule has 3 aliphatic rings. The van der Waals surface area contributed by atoms with Gasteiger partial charge in [0.25, 0.3) is 5.91 Å². The van der Waals surface area contributed by atoms with Gasteiger partial charge in [-0.2, -0.15) is 5.10 Å². The maximum atomic E-state index is 13.5. The molecule has 0 atom stereocenters. The van der Waals surface area contributed by atoms with E-state index in [1.54, 1.807) is 10.9 Å². The number of nitrogens with one attached hydrogen (secondary N) is 1. The predicted octanol–water partition coefficient (Wildman–Crippen LogP) is 3.81. The lowest BCUT2D eigenvalue weighted by Crippen LogP contribution is -2.59. The van der Waals surface area contributed by atoms with Crippen LogP contribution in [0.1, 0.15) is 25.7 Å². The van der Waals surface area contributed by atoms with E-state index in [9.17, 15) is 22.4 Å². The van der Waals surface area contributed by atoms with E-state index in [0.717, 1.165) is 18.9 Å². The van der Waals surface area contributed by atoms with Crippen molar-refractivity contribution in [3.8, 4) is 11.5 Å². The number of fused-ring (bicyclic) bond motifs is 1. The van der Waals surface area contributed by atoms with Crippen LogP contribution in [0, 0.1) is 5.82 Å². The zero-order valence-electron chi connectivity index (χ0n) is 16.8. The van der Waals surface area contributed by atoms with Gasteiger partial charge < -0.3 is 14.8 Å². The van der Waals surface area contributed by atoms with Crippen LogP contribution in [-0.4, -0.2) is 47.4 Å². The predicted molar refractivity (Wildman–Crippen MR) is 104 cm³/mol. The van der Waals surface area contributed by atoms with Crippen LogP contribution in [0.2, 0.25) is 5.02 Å². The third kappa shape index (κ3) is 4.93. The topological polar surface area (TPSA) is 74.6 Å². The first-order valence-corrected chi connectivity index (χ1v) is 10.2. The van der Waals surface area contributed by atoms with E-state index in [2.05, 4.69) is 15.2 Å². The van der Waals surface area contributed by atoms with Crippen molar-refractivity contribution in [3.63, 3.8) is 0 Å². The minimum absolute atomic E-state index is 0.0285. The first kappa shape index (κ1) is 22.7.